The van der Waals surface area contributed by atoms with Crippen LogP contribution in [0.25, 0.3) is 0 Å². The van der Waals surface area contributed by atoms with E-state index in [1.807, 2.05) is 0 Å². The summed E-state index contributed by atoms with van der Waals surface area (Å²) >= 11 is 0. The van der Waals surface area contributed by atoms with Crippen molar-refractivity contribution in [3.8, 4) is 11.8 Å². The van der Waals surface area contributed by atoms with Gasteiger partial charge in [-0.15, -0.1) is 0 Å². The van der Waals surface area contributed by atoms with Gasteiger partial charge in [-0.05, 0) is 25.9 Å². The zero-order valence-corrected chi connectivity index (χ0v) is 12.9. The molecular formula is C14H25N5O2. The summed E-state index contributed by atoms with van der Waals surface area (Å²) in [5, 5.41) is 0. The number of aromatic nitrogens is 2. The van der Waals surface area contributed by atoms with Gasteiger partial charge in [-0.3, -0.25) is 4.90 Å². The molecule has 0 atom stereocenters. The highest BCUT2D eigenvalue weighted by Crippen LogP contribution is 2.21. The van der Waals surface area contributed by atoms with Crippen LogP contribution in [-0.2, 0) is 0 Å². The standard InChI is InChI=1S/C14H25N5O2/c1-20-12-11-13(21-2)17-14(16-12)19-9-7-18(8-10-19)6-4-3-5-15/h11H,3-10,15H2,1-2H3. The van der Waals surface area contributed by atoms with E-state index in [-0.39, 0.29) is 0 Å². The molecule has 2 rings (SSSR count). The first-order valence-corrected chi connectivity index (χ1v) is 7.41. The van der Waals surface area contributed by atoms with Gasteiger partial charge in [-0.2, -0.15) is 9.97 Å². The maximum atomic E-state index is 5.53. The summed E-state index contributed by atoms with van der Waals surface area (Å²) in [5.74, 6) is 1.73. The highest BCUT2D eigenvalue weighted by molar-refractivity contribution is 5.37. The van der Waals surface area contributed by atoms with E-state index in [4.69, 9.17) is 15.2 Å². The van der Waals surface area contributed by atoms with Crippen molar-refractivity contribution in [1.82, 2.24) is 14.9 Å². The van der Waals surface area contributed by atoms with Gasteiger partial charge in [0.25, 0.3) is 0 Å². The molecular weight excluding hydrogens is 270 g/mol. The molecule has 7 heteroatoms. The normalized spacial score (nSPS) is 16.0. The van der Waals surface area contributed by atoms with E-state index in [9.17, 15) is 0 Å². The Kier molecular flexibility index (Phi) is 6.01. The van der Waals surface area contributed by atoms with Crippen LogP contribution in [0.1, 0.15) is 12.8 Å². The van der Waals surface area contributed by atoms with Gasteiger partial charge in [0, 0.05) is 26.2 Å². The molecule has 1 aliphatic heterocycles. The van der Waals surface area contributed by atoms with Gasteiger partial charge in [0.2, 0.25) is 17.7 Å². The highest BCUT2D eigenvalue weighted by atomic mass is 16.5. The molecule has 0 spiro atoms. The summed E-state index contributed by atoms with van der Waals surface area (Å²) in [4.78, 5) is 13.4. The second-order valence-electron chi connectivity index (χ2n) is 5.08. The Bertz CT molecular complexity index is 413. The molecule has 0 saturated carbocycles. The van der Waals surface area contributed by atoms with Crippen molar-refractivity contribution in [2.45, 2.75) is 12.8 Å². The number of hydrogen-bond acceptors (Lipinski definition) is 7. The first kappa shape index (κ1) is 15.8. The number of methoxy groups -OCH3 is 2. The lowest BCUT2D eigenvalue weighted by Crippen LogP contribution is -2.47. The van der Waals surface area contributed by atoms with Crippen molar-refractivity contribution in [1.29, 1.82) is 0 Å². The third-order valence-corrected chi connectivity index (χ3v) is 3.67. The predicted molar refractivity (Wildman–Crippen MR) is 82.1 cm³/mol. The largest absolute Gasteiger partial charge is 0.481 e. The smallest absolute Gasteiger partial charge is 0.232 e. The number of nitrogens with zero attached hydrogens (tertiary/aromatic N) is 4. The summed E-state index contributed by atoms with van der Waals surface area (Å²) in [5.41, 5.74) is 5.53. The maximum Gasteiger partial charge on any atom is 0.232 e. The predicted octanol–water partition coefficient (Wildman–Crippen LogP) is 0.355. The number of ether oxygens (including phenoxy) is 2. The molecule has 0 bridgehead atoms. The number of unbranched alkanes of at least 4 members (excludes halogenated alkanes) is 1. The van der Waals surface area contributed by atoms with Gasteiger partial charge < -0.3 is 20.1 Å². The van der Waals surface area contributed by atoms with Crippen molar-refractivity contribution in [3.05, 3.63) is 6.07 Å². The lowest BCUT2D eigenvalue weighted by Gasteiger charge is -2.34. The number of rotatable bonds is 7. The second kappa shape index (κ2) is 7.99. The highest BCUT2D eigenvalue weighted by Gasteiger charge is 2.20. The molecule has 21 heavy (non-hydrogen) atoms. The van der Waals surface area contributed by atoms with Gasteiger partial charge >= 0.3 is 0 Å². The fourth-order valence-corrected chi connectivity index (χ4v) is 2.39. The van der Waals surface area contributed by atoms with E-state index < -0.39 is 0 Å². The Morgan fingerprint density at radius 2 is 1.67 bits per heavy atom. The molecule has 0 aromatic carbocycles. The molecule has 118 valence electrons. The van der Waals surface area contributed by atoms with Crippen LogP contribution in [0.2, 0.25) is 0 Å². The van der Waals surface area contributed by atoms with E-state index >= 15 is 0 Å². The van der Waals surface area contributed by atoms with Crippen LogP contribution in [0.15, 0.2) is 6.07 Å². The van der Waals surface area contributed by atoms with Gasteiger partial charge in [-0.1, -0.05) is 0 Å². The molecule has 1 aliphatic rings. The number of nitrogens with two attached hydrogens (primary N) is 1. The number of anilines is 1. The topological polar surface area (TPSA) is 76.7 Å². The van der Waals surface area contributed by atoms with Crippen molar-refractivity contribution in [2.75, 3.05) is 58.4 Å². The Labute approximate surface area is 126 Å². The van der Waals surface area contributed by atoms with E-state index in [0.717, 1.165) is 45.7 Å². The molecule has 0 unspecified atom stereocenters. The number of piperazine rings is 1. The minimum atomic E-state index is 0.530. The maximum absolute atomic E-state index is 5.53. The zero-order valence-electron chi connectivity index (χ0n) is 12.9. The zero-order chi connectivity index (χ0) is 15.1. The fourth-order valence-electron chi connectivity index (χ4n) is 2.39. The Morgan fingerprint density at radius 3 is 2.19 bits per heavy atom. The van der Waals surface area contributed by atoms with E-state index in [0.29, 0.717) is 17.7 Å². The molecule has 1 fully saturated rings. The average molecular weight is 295 g/mol. The van der Waals surface area contributed by atoms with Gasteiger partial charge in [0.15, 0.2) is 0 Å². The SMILES string of the molecule is COc1cc(OC)nc(N2CCN(CCCCN)CC2)n1. The first-order chi connectivity index (χ1) is 10.3. The molecule has 2 heterocycles. The van der Waals surface area contributed by atoms with E-state index in [1.165, 1.54) is 6.42 Å². The lowest BCUT2D eigenvalue weighted by molar-refractivity contribution is 0.251. The average Bonchev–Trinajstić information content (AvgIpc) is 2.55. The van der Waals surface area contributed by atoms with Crippen LogP contribution in [0, 0.1) is 0 Å². The molecule has 2 N–H and O–H groups in total. The molecule has 0 amide bonds. The Morgan fingerprint density at radius 1 is 1.05 bits per heavy atom. The molecule has 1 aromatic heterocycles. The van der Waals surface area contributed by atoms with E-state index in [1.54, 1.807) is 20.3 Å². The quantitative estimate of drug-likeness (QED) is 0.728. The molecule has 7 nitrogen and oxygen atoms in total. The number of hydrogen-bond donors (Lipinski definition) is 1. The van der Waals surface area contributed by atoms with Crippen LogP contribution in [-0.4, -0.2) is 68.4 Å². The van der Waals surface area contributed by atoms with Crippen molar-refractivity contribution in [3.63, 3.8) is 0 Å². The molecule has 0 aliphatic carbocycles. The van der Waals surface area contributed by atoms with Crippen molar-refractivity contribution < 1.29 is 9.47 Å². The minimum Gasteiger partial charge on any atom is -0.481 e. The third kappa shape index (κ3) is 4.44. The van der Waals surface area contributed by atoms with E-state index in [2.05, 4.69) is 19.8 Å². The molecule has 1 aromatic rings. The summed E-state index contributed by atoms with van der Waals surface area (Å²) in [6.07, 6.45) is 2.26. The molecule has 0 radical (unpaired) electrons. The van der Waals surface area contributed by atoms with Crippen LogP contribution in [0.5, 0.6) is 11.8 Å². The van der Waals surface area contributed by atoms with Gasteiger partial charge in [-0.25, -0.2) is 0 Å². The molecule has 1 saturated heterocycles. The monoisotopic (exact) mass is 295 g/mol. The second-order valence-corrected chi connectivity index (χ2v) is 5.08. The summed E-state index contributed by atoms with van der Waals surface area (Å²) in [7, 11) is 3.20. The van der Waals surface area contributed by atoms with Gasteiger partial charge in [0.05, 0.1) is 20.3 Å². The first-order valence-electron chi connectivity index (χ1n) is 7.41. The Balaban J connectivity index is 1.92. The summed E-state index contributed by atoms with van der Waals surface area (Å²) in [6.45, 7) is 5.77. The van der Waals surface area contributed by atoms with Crippen molar-refractivity contribution in [2.24, 2.45) is 5.73 Å². The fraction of sp³-hybridized carbons (Fsp3) is 0.714. The van der Waals surface area contributed by atoms with Crippen LogP contribution >= 0.6 is 0 Å². The summed E-state index contributed by atoms with van der Waals surface area (Å²) < 4.78 is 10.4. The third-order valence-electron chi connectivity index (χ3n) is 3.67. The Hall–Kier alpha value is -1.60. The van der Waals surface area contributed by atoms with Gasteiger partial charge in [0.1, 0.15) is 0 Å². The van der Waals surface area contributed by atoms with Crippen LogP contribution in [0.4, 0.5) is 5.95 Å². The summed E-state index contributed by atoms with van der Waals surface area (Å²) in [6, 6.07) is 1.69. The van der Waals surface area contributed by atoms with Crippen molar-refractivity contribution >= 4 is 5.95 Å². The van der Waals surface area contributed by atoms with Crippen LogP contribution < -0.4 is 20.1 Å². The van der Waals surface area contributed by atoms with Crippen LogP contribution in [0.3, 0.4) is 0 Å². The minimum absolute atomic E-state index is 0.530. The lowest BCUT2D eigenvalue weighted by atomic mass is 10.2.